The third-order valence-corrected chi connectivity index (χ3v) is 1.51. The van der Waals surface area contributed by atoms with Gasteiger partial charge in [-0.05, 0) is 13.0 Å². The van der Waals surface area contributed by atoms with Crippen molar-refractivity contribution in [2.24, 2.45) is 10.7 Å². The van der Waals surface area contributed by atoms with E-state index >= 15 is 0 Å². The van der Waals surface area contributed by atoms with Crippen LogP contribution in [0.1, 0.15) is 11.4 Å². The van der Waals surface area contributed by atoms with Crippen LogP contribution in [-0.2, 0) is 0 Å². The van der Waals surface area contributed by atoms with E-state index in [4.69, 9.17) is 5.73 Å². The van der Waals surface area contributed by atoms with Gasteiger partial charge in [0.25, 0.3) is 0 Å². The molecule has 1 aromatic rings. The van der Waals surface area contributed by atoms with Gasteiger partial charge in [0.15, 0.2) is 5.84 Å². The number of nitrogens with two attached hydrogens (primary N) is 1. The molecule has 0 spiro atoms. The van der Waals surface area contributed by atoms with Crippen LogP contribution >= 0.6 is 0 Å². The Morgan fingerprint density at radius 2 is 2.54 bits per heavy atom. The van der Waals surface area contributed by atoms with Crippen LogP contribution in [0.4, 0.5) is 0 Å². The van der Waals surface area contributed by atoms with Crippen molar-refractivity contribution in [2.75, 3.05) is 0 Å². The highest BCUT2D eigenvalue weighted by atomic mass is 14.9. The highest BCUT2D eigenvalue weighted by Crippen LogP contribution is 1.99. The quantitative estimate of drug-likeness (QED) is 0.411. The molecule has 0 amide bonds. The Morgan fingerprint density at radius 1 is 1.77 bits per heavy atom. The molecule has 0 aliphatic heterocycles. The lowest BCUT2D eigenvalue weighted by Crippen LogP contribution is -2.14. The number of hydrogen-bond donors (Lipinski definition) is 2. The number of nitrogens with zero attached hydrogens (tertiary/aromatic N) is 2. The zero-order chi connectivity index (χ0) is 9.68. The van der Waals surface area contributed by atoms with Crippen LogP contribution in [0.3, 0.4) is 0 Å². The minimum atomic E-state index is 0.400. The Labute approximate surface area is 76.9 Å². The second-order valence-corrected chi connectivity index (χ2v) is 2.47. The largest absolute Gasteiger partial charge is 0.382 e. The molecule has 4 heteroatoms. The predicted molar refractivity (Wildman–Crippen MR) is 53.4 cm³/mol. The van der Waals surface area contributed by atoms with Crippen molar-refractivity contribution in [3.63, 3.8) is 0 Å². The summed E-state index contributed by atoms with van der Waals surface area (Å²) in [5, 5.41) is 0. The molecule has 0 aliphatic carbocycles. The van der Waals surface area contributed by atoms with Crippen LogP contribution in [-0.4, -0.2) is 15.8 Å². The standard InChI is InChI=1S/C9H12N4/c1-3-4-5-11-9(10)8-7(2)12-6-13-8/h3-6H,1H2,2H3,(H2,10,11)(H,12,13)/b5-4+. The summed E-state index contributed by atoms with van der Waals surface area (Å²) < 4.78 is 0. The number of aromatic amines is 1. The second kappa shape index (κ2) is 4.25. The van der Waals surface area contributed by atoms with Crippen molar-refractivity contribution < 1.29 is 0 Å². The number of nitrogens with one attached hydrogen (secondary N) is 1. The molecule has 0 aromatic carbocycles. The van der Waals surface area contributed by atoms with E-state index in [-0.39, 0.29) is 0 Å². The summed E-state index contributed by atoms with van der Waals surface area (Å²) in [6.07, 6.45) is 6.50. The fraction of sp³-hybridized carbons (Fsp3) is 0.111. The first-order valence-electron chi connectivity index (χ1n) is 3.87. The van der Waals surface area contributed by atoms with Crippen LogP contribution in [0.5, 0.6) is 0 Å². The van der Waals surface area contributed by atoms with E-state index in [2.05, 4.69) is 21.5 Å². The Morgan fingerprint density at radius 3 is 3.08 bits per heavy atom. The molecule has 13 heavy (non-hydrogen) atoms. The molecule has 1 heterocycles. The molecule has 0 atom stereocenters. The van der Waals surface area contributed by atoms with Crippen LogP contribution in [0.2, 0.25) is 0 Å². The summed E-state index contributed by atoms with van der Waals surface area (Å²) >= 11 is 0. The summed E-state index contributed by atoms with van der Waals surface area (Å²) in [5.74, 6) is 0.400. The number of H-pyrrole nitrogens is 1. The molecule has 0 bridgehead atoms. The van der Waals surface area contributed by atoms with Gasteiger partial charge in [0, 0.05) is 11.9 Å². The monoisotopic (exact) mass is 176 g/mol. The molecule has 68 valence electrons. The Bertz CT molecular complexity index is 346. The first-order chi connectivity index (χ1) is 6.25. The predicted octanol–water partition coefficient (Wildman–Crippen LogP) is 1.12. The zero-order valence-electron chi connectivity index (χ0n) is 7.49. The van der Waals surface area contributed by atoms with Crippen LogP contribution in [0, 0.1) is 6.92 Å². The molecule has 0 radical (unpaired) electrons. The third kappa shape index (κ3) is 2.30. The molecule has 4 nitrogen and oxygen atoms in total. The number of allylic oxidation sites excluding steroid dienone is 2. The molecule has 0 aliphatic rings. The highest BCUT2D eigenvalue weighted by molar-refractivity contribution is 5.96. The van der Waals surface area contributed by atoms with Crippen LogP contribution in [0.25, 0.3) is 0 Å². The Kier molecular flexibility index (Phi) is 3.03. The summed E-state index contributed by atoms with van der Waals surface area (Å²) in [4.78, 5) is 10.9. The van der Waals surface area contributed by atoms with Crippen LogP contribution in [0.15, 0.2) is 36.3 Å². The second-order valence-electron chi connectivity index (χ2n) is 2.47. The summed E-state index contributed by atoms with van der Waals surface area (Å²) in [7, 11) is 0. The van der Waals surface area contributed by atoms with Gasteiger partial charge in [0.05, 0.1) is 6.33 Å². The first-order valence-corrected chi connectivity index (χ1v) is 3.87. The Hall–Kier alpha value is -1.84. The lowest BCUT2D eigenvalue weighted by atomic mass is 10.3. The number of hydrogen-bond acceptors (Lipinski definition) is 2. The van der Waals surface area contributed by atoms with Gasteiger partial charge in [0.1, 0.15) is 5.69 Å². The number of amidine groups is 1. The number of aryl methyl sites for hydroxylation is 1. The minimum Gasteiger partial charge on any atom is -0.382 e. The maximum Gasteiger partial charge on any atom is 0.151 e. The molecule has 0 saturated carbocycles. The molecular weight excluding hydrogens is 164 g/mol. The van der Waals surface area contributed by atoms with Crippen molar-refractivity contribution in [2.45, 2.75) is 6.92 Å². The van der Waals surface area contributed by atoms with E-state index in [0.717, 1.165) is 5.69 Å². The summed E-state index contributed by atoms with van der Waals surface area (Å²) in [6, 6.07) is 0. The minimum absolute atomic E-state index is 0.400. The summed E-state index contributed by atoms with van der Waals surface area (Å²) in [6.45, 7) is 5.41. The van der Waals surface area contributed by atoms with Gasteiger partial charge in [-0.3, -0.25) is 0 Å². The van der Waals surface area contributed by atoms with Crippen molar-refractivity contribution in [3.05, 3.63) is 42.6 Å². The molecule has 0 saturated heterocycles. The fourth-order valence-corrected chi connectivity index (χ4v) is 0.862. The molecular formula is C9H12N4. The van der Waals surface area contributed by atoms with E-state index in [9.17, 15) is 0 Å². The van der Waals surface area contributed by atoms with E-state index < -0.39 is 0 Å². The van der Waals surface area contributed by atoms with E-state index in [0.29, 0.717) is 11.5 Å². The topological polar surface area (TPSA) is 67.1 Å². The maximum atomic E-state index is 5.66. The molecule has 3 N–H and O–H groups in total. The molecule has 1 aromatic heterocycles. The van der Waals surface area contributed by atoms with Gasteiger partial charge in [0.2, 0.25) is 0 Å². The number of imidazole rings is 1. The van der Waals surface area contributed by atoms with E-state index in [1.807, 2.05) is 6.92 Å². The Balaban J connectivity index is 2.84. The lowest BCUT2D eigenvalue weighted by Gasteiger charge is -1.94. The highest BCUT2D eigenvalue weighted by Gasteiger charge is 2.03. The van der Waals surface area contributed by atoms with Gasteiger partial charge in [-0.15, -0.1) is 0 Å². The molecule has 0 unspecified atom stereocenters. The molecule has 1 rings (SSSR count). The average Bonchev–Trinajstić information content (AvgIpc) is 2.52. The summed E-state index contributed by atoms with van der Waals surface area (Å²) in [5.41, 5.74) is 7.26. The fourth-order valence-electron chi connectivity index (χ4n) is 0.862. The van der Waals surface area contributed by atoms with Gasteiger partial charge >= 0.3 is 0 Å². The normalized spacial score (nSPS) is 12.2. The van der Waals surface area contributed by atoms with Gasteiger partial charge < -0.3 is 10.7 Å². The van der Waals surface area contributed by atoms with E-state index in [1.54, 1.807) is 24.7 Å². The van der Waals surface area contributed by atoms with Crippen molar-refractivity contribution in [1.29, 1.82) is 0 Å². The number of rotatable bonds is 3. The van der Waals surface area contributed by atoms with Gasteiger partial charge in [-0.25, -0.2) is 9.98 Å². The van der Waals surface area contributed by atoms with Gasteiger partial charge in [-0.1, -0.05) is 12.7 Å². The average molecular weight is 176 g/mol. The SMILES string of the molecule is C=C/C=C/N=C(N)c1nc[nH]c1C. The first kappa shape index (κ1) is 9.25. The maximum absolute atomic E-state index is 5.66. The number of aliphatic imine (C=N–C) groups is 1. The molecule has 0 fully saturated rings. The smallest absolute Gasteiger partial charge is 0.151 e. The van der Waals surface area contributed by atoms with Crippen molar-refractivity contribution in [3.8, 4) is 0 Å². The van der Waals surface area contributed by atoms with E-state index in [1.165, 1.54) is 0 Å². The van der Waals surface area contributed by atoms with Crippen molar-refractivity contribution in [1.82, 2.24) is 9.97 Å². The lowest BCUT2D eigenvalue weighted by molar-refractivity contribution is 1.25. The number of aromatic nitrogens is 2. The zero-order valence-corrected chi connectivity index (χ0v) is 7.49. The third-order valence-electron chi connectivity index (χ3n) is 1.51. The van der Waals surface area contributed by atoms with Crippen molar-refractivity contribution >= 4 is 5.84 Å². The van der Waals surface area contributed by atoms with Crippen LogP contribution < -0.4 is 5.73 Å². The van der Waals surface area contributed by atoms with Gasteiger partial charge in [-0.2, -0.15) is 0 Å².